The van der Waals surface area contributed by atoms with Crippen molar-refractivity contribution in [2.45, 2.75) is 11.1 Å². The van der Waals surface area contributed by atoms with Crippen LogP contribution in [0.4, 0.5) is 5.69 Å². The monoisotopic (exact) mass is 399 g/mol. The second-order valence-corrected chi connectivity index (χ2v) is 8.87. The predicted molar refractivity (Wildman–Crippen MR) is 84.0 cm³/mol. The fourth-order valence-corrected chi connectivity index (χ4v) is 5.15. The topological polar surface area (TPSA) is 46.2 Å². The standard InChI is InChI=1S/C11H8BrCl2NO2S2/c1-6-4-7(13)2-3-9(6)15-19(16,17)10-5-8(14)11(12)18-10/h2-5,15H,1H3. The molecule has 0 atom stereocenters. The maximum absolute atomic E-state index is 12.2. The van der Waals surface area contributed by atoms with Crippen LogP contribution in [-0.4, -0.2) is 8.42 Å². The van der Waals surface area contributed by atoms with E-state index in [1.807, 2.05) is 0 Å². The number of rotatable bonds is 3. The molecule has 0 aliphatic carbocycles. The first-order valence-corrected chi connectivity index (χ1v) is 8.88. The van der Waals surface area contributed by atoms with Crippen molar-refractivity contribution in [2.24, 2.45) is 0 Å². The molecule has 2 aromatic rings. The van der Waals surface area contributed by atoms with Gasteiger partial charge in [-0.1, -0.05) is 23.2 Å². The average molecular weight is 401 g/mol. The number of sulfonamides is 1. The molecule has 0 amide bonds. The quantitative estimate of drug-likeness (QED) is 0.793. The van der Waals surface area contributed by atoms with Gasteiger partial charge in [-0.15, -0.1) is 11.3 Å². The molecule has 19 heavy (non-hydrogen) atoms. The third-order valence-electron chi connectivity index (χ3n) is 2.32. The van der Waals surface area contributed by atoms with E-state index in [4.69, 9.17) is 23.2 Å². The molecular formula is C11H8BrCl2NO2S2. The van der Waals surface area contributed by atoms with Crippen molar-refractivity contribution in [2.75, 3.05) is 4.72 Å². The summed E-state index contributed by atoms with van der Waals surface area (Å²) >= 11 is 15.9. The van der Waals surface area contributed by atoms with Gasteiger partial charge in [0.15, 0.2) is 0 Å². The van der Waals surface area contributed by atoms with E-state index in [-0.39, 0.29) is 4.21 Å². The highest BCUT2D eigenvalue weighted by molar-refractivity contribution is 9.11. The van der Waals surface area contributed by atoms with Gasteiger partial charge in [0.1, 0.15) is 4.21 Å². The van der Waals surface area contributed by atoms with Gasteiger partial charge in [0, 0.05) is 5.02 Å². The van der Waals surface area contributed by atoms with Gasteiger partial charge in [-0.05, 0) is 52.7 Å². The molecule has 2 rings (SSSR count). The molecule has 1 aromatic heterocycles. The van der Waals surface area contributed by atoms with Gasteiger partial charge in [-0.3, -0.25) is 4.72 Å². The Labute approximate surface area is 133 Å². The van der Waals surface area contributed by atoms with E-state index in [1.165, 1.54) is 6.07 Å². The molecule has 0 radical (unpaired) electrons. The molecule has 0 aliphatic rings. The Bertz CT molecular complexity index is 709. The largest absolute Gasteiger partial charge is 0.279 e. The van der Waals surface area contributed by atoms with E-state index < -0.39 is 10.0 Å². The van der Waals surface area contributed by atoms with Crippen LogP contribution in [0.25, 0.3) is 0 Å². The van der Waals surface area contributed by atoms with Crippen LogP contribution in [-0.2, 0) is 10.0 Å². The molecule has 1 N–H and O–H groups in total. The minimum Gasteiger partial charge on any atom is -0.279 e. The second kappa shape index (κ2) is 5.61. The minimum absolute atomic E-state index is 0.152. The van der Waals surface area contributed by atoms with Crippen molar-refractivity contribution in [1.82, 2.24) is 0 Å². The molecule has 1 heterocycles. The molecule has 0 fully saturated rings. The fraction of sp³-hybridized carbons (Fsp3) is 0.0909. The van der Waals surface area contributed by atoms with E-state index >= 15 is 0 Å². The Morgan fingerprint density at radius 2 is 1.95 bits per heavy atom. The summed E-state index contributed by atoms with van der Waals surface area (Å²) in [6, 6.07) is 6.35. The van der Waals surface area contributed by atoms with E-state index in [1.54, 1.807) is 25.1 Å². The highest BCUT2D eigenvalue weighted by Crippen LogP contribution is 2.35. The summed E-state index contributed by atoms with van der Waals surface area (Å²) in [6.45, 7) is 1.78. The molecule has 3 nitrogen and oxygen atoms in total. The van der Waals surface area contributed by atoms with Crippen molar-refractivity contribution < 1.29 is 8.42 Å². The van der Waals surface area contributed by atoms with Crippen molar-refractivity contribution in [3.8, 4) is 0 Å². The second-order valence-electron chi connectivity index (χ2n) is 3.75. The summed E-state index contributed by atoms with van der Waals surface area (Å²) in [5.41, 5.74) is 1.24. The summed E-state index contributed by atoms with van der Waals surface area (Å²) in [4.78, 5) is 0. The van der Waals surface area contributed by atoms with Crippen molar-refractivity contribution in [1.29, 1.82) is 0 Å². The van der Waals surface area contributed by atoms with E-state index in [9.17, 15) is 8.42 Å². The average Bonchev–Trinajstić information content (AvgIpc) is 2.64. The van der Waals surface area contributed by atoms with Gasteiger partial charge in [-0.2, -0.15) is 0 Å². The maximum Gasteiger partial charge on any atom is 0.271 e. The number of thiophene rings is 1. The third-order valence-corrected chi connectivity index (χ3v) is 6.87. The lowest BCUT2D eigenvalue weighted by molar-refractivity contribution is 0.603. The summed E-state index contributed by atoms with van der Waals surface area (Å²) in [5, 5.41) is 0.931. The molecule has 1 aromatic carbocycles. The van der Waals surface area contributed by atoms with E-state index in [0.717, 1.165) is 16.9 Å². The number of benzene rings is 1. The smallest absolute Gasteiger partial charge is 0.271 e. The molecule has 0 saturated heterocycles. The van der Waals surface area contributed by atoms with Crippen LogP contribution >= 0.6 is 50.5 Å². The fourth-order valence-electron chi connectivity index (χ4n) is 1.40. The number of hydrogen-bond donors (Lipinski definition) is 1. The highest BCUT2D eigenvalue weighted by atomic mass is 79.9. The SMILES string of the molecule is Cc1cc(Cl)ccc1NS(=O)(=O)c1cc(Cl)c(Br)s1. The summed E-state index contributed by atoms with van der Waals surface area (Å²) in [7, 11) is -3.64. The van der Waals surface area contributed by atoms with E-state index in [0.29, 0.717) is 19.5 Å². The Morgan fingerprint density at radius 3 is 2.47 bits per heavy atom. The van der Waals surface area contributed by atoms with Crippen LogP contribution in [0.2, 0.25) is 10.0 Å². The molecule has 0 spiro atoms. The number of aryl methyl sites for hydroxylation is 1. The van der Waals surface area contributed by atoms with Gasteiger partial charge < -0.3 is 0 Å². The van der Waals surface area contributed by atoms with Gasteiger partial charge in [0.05, 0.1) is 14.5 Å². The lowest BCUT2D eigenvalue weighted by Crippen LogP contribution is -2.12. The Hall–Kier alpha value is -0.270. The highest BCUT2D eigenvalue weighted by Gasteiger charge is 2.19. The number of halogens is 3. The Morgan fingerprint density at radius 1 is 1.26 bits per heavy atom. The first kappa shape index (κ1) is 15.1. The van der Waals surface area contributed by atoms with Gasteiger partial charge >= 0.3 is 0 Å². The first-order valence-electron chi connectivity index (χ1n) is 5.03. The molecule has 8 heteroatoms. The predicted octanol–water partition coefficient (Wildman–Crippen LogP) is 4.93. The molecule has 0 unspecified atom stereocenters. The van der Waals surface area contributed by atoms with E-state index in [2.05, 4.69) is 20.7 Å². The van der Waals surface area contributed by atoms with Gasteiger partial charge in [-0.25, -0.2) is 8.42 Å². The molecule has 0 bridgehead atoms. The summed E-state index contributed by atoms with van der Waals surface area (Å²) in [6.07, 6.45) is 0. The zero-order valence-electron chi connectivity index (χ0n) is 9.58. The molecule has 0 saturated carbocycles. The van der Waals surface area contributed by atoms with Crippen LogP contribution in [0.15, 0.2) is 32.3 Å². The normalized spacial score (nSPS) is 11.6. The molecular weight excluding hydrogens is 393 g/mol. The maximum atomic E-state index is 12.2. The van der Waals surface area contributed by atoms with Crippen molar-refractivity contribution in [3.63, 3.8) is 0 Å². The summed E-state index contributed by atoms with van der Waals surface area (Å²) in [5.74, 6) is 0. The first-order chi connectivity index (χ1) is 8.79. The van der Waals surface area contributed by atoms with Gasteiger partial charge in [0.25, 0.3) is 10.0 Å². The third kappa shape index (κ3) is 3.44. The number of nitrogens with one attached hydrogen (secondary N) is 1. The summed E-state index contributed by atoms with van der Waals surface area (Å²) < 4.78 is 27.6. The zero-order valence-corrected chi connectivity index (χ0v) is 14.3. The Balaban J connectivity index is 2.36. The number of hydrogen-bond acceptors (Lipinski definition) is 3. The molecule has 102 valence electrons. The molecule has 0 aliphatic heterocycles. The zero-order chi connectivity index (χ0) is 14.2. The van der Waals surface area contributed by atoms with Crippen molar-refractivity contribution in [3.05, 3.63) is 43.7 Å². The lowest BCUT2D eigenvalue weighted by Gasteiger charge is -2.09. The van der Waals surface area contributed by atoms with Crippen LogP contribution in [0.1, 0.15) is 5.56 Å². The van der Waals surface area contributed by atoms with Crippen molar-refractivity contribution >= 4 is 66.2 Å². The Kier molecular flexibility index (Phi) is 4.47. The van der Waals surface area contributed by atoms with Crippen LogP contribution in [0, 0.1) is 6.92 Å². The van der Waals surface area contributed by atoms with Gasteiger partial charge in [0.2, 0.25) is 0 Å². The minimum atomic E-state index is -3.64. The number of anilines is 1. The van der Waals surface area contributed by atoms with Crippen LogP contribution < -0.4 is 4.72 Å². The van der Waals surface area contributed by atoms with Crippen LogP contribution in [0.3, 0.4) is 0 Å². The van der Waals surface area contributed by atoms with Crippen LogP contribution in [0.5, 0.6) is 0 Å². The lowest BCUT2D eigenvalue weighted by atomic mass is 10.2.